The van der Waals surface area contributed by atoms with Gasteiger partial charge in [0.1, 0.15) is 11.5 Å². The van der Waals surface area contributed by atoms with Gasteiger partial charge in [0.15, 0.2) is 6.10 Å². The predicted octanol–water partition coefficient (Wildman–Crippen LogP) is 8.20. The van der Waals surface area contributed by atoms with Crippen LogP contribution in [0, 0.1) is 0 Å². The van der Waals surface area contributed by atoms with Crippen molar-refractivity contribution in [2.75, 3.05) is 12.9 Å². The maximum absolute atomic E-state index is 11.0. The van der Waals surface area contributed by atoms with Gasteiger partial charge in [0.25, 0.3) is 0 Å². The highest BCUT2D eigenvalue weighted by molar-refractivity contribution is 9.10. The summed E-state index contributed by atoms with van der Waals surface area (Å²) in [6.45, 7) is 1.52. The molecule has 1 N–H and O–H groups in total. The highest BCUT2D eigenvalue weighted by Crippen LogP contribution is 2.30. The van der Waals surface area contributed by atoms with Crippen LogP contribution < -0.4 is 9.47 Å². The molecule has 4 nitrogen and oxygen atoms in total. The molecule has 0 amide bonds. The van der Waals surface area contributed by atoms with Crippen LogP contribution in [0.2, 0.25) is 0 Å². The van der Waals surface area contributed by atoms with Gasteiger partial charge in [0.05, 0.1) is 7.11 Å². The summed E-state index contributed by atoms with van der Waals surface area (Å²) in [5.41, 5.74) is 5.74. The summed E-state index contributed by atoms with van der Waals surface area (Å²) in [5.74, 6) is 1.18. The number of halogens is 1. The molecule has 0 saturated carbocycles. The van der Waals surface area contributed by atoms with Gasteiger partial charge < -0.3 is 14.6 Å². The van der Waals surface area contributed by atoms with E-state index in [-0.39, 0.29) is 0 Å². The number of thioether (sulfide) groups is 1. The highest BCUT2D eigenvalue weighted by Gasteiger charge is 2.12. The van der Waals surface area contributed by atoms with Gasteiger partial charge in [0.2, 0.25) is 0 Å². The zero-order valence-corrected chi connectivity index (χ0v) is 23.0. The van der Waals surface area contributed by atoms with E-state index in [1.54, 1.807) is 31.0 Å². The Kier molecular flexibility index (Phi) is 9.09. The van der Waals surface area contributed by atoms with Gasteiger partial charge in [-0.2, -0.15) is 0 Å². The lowest BCUT2D eigenvalue weighted by atomic mass is 9.95. The molecule has 1 atom stereocenters. The van der Waals surface area contributed by atoms with Crippen molar-refractivity contribution in [2.45, 2.75) is 17.9 Å². The van der Waals surface area contributed by atoms with Crippen LogP contribution in [-0.2, 0) is 4.79 Å². The second kappa shape index (κ2) is 12.7. The minimum Gasteiger partial charge on any atom is -0.497 e. The first-order valence-electron chi connectivity index (χ1n) is 11.8. The summed E-state index contributed by atoms with van der Waals surface area (Å²) in [5, 5.41) is 9.02. The summed E-state index contributed by atoms with van der Waals surface area (Å²) in [7, 11) is 1.67. The number of aliphatic carboxylic acids is 1. The van der Waals surface area contributed by atoms with Crippen LogP contribution in [0.4, 0.5) is 0 Å². The number of benzene rings is 4. The van der Waals surface area contributed by atoms with E-state index in [0.717, 1.165) is 48.7 Å². The molecule has 0 saturated heterocycles. The van der Waals surface area contributed by atoms with Gasteiger partial charge in [-0.15, -0.1) is 11.8 Å². The Bertz CT molecular complexity index is 1350. The fourth-order valence-electron chi connectivity index (χ4n) is 3.75. The standard InChI is InChI=1S/C31H27BrO4S/c1-21(31(33)34)36-28-15-17-29(18-16-28)37-20-19-30(25-7-11-26(32)12-8-25)24-5-3-22(4-6-24)23-9-13-27(35-2)14-10-23/h3-19,21H,20H2,1-2H3,(H,33,34). The quantitative estimate of drug-likeness (QED) is 0.193. The topological polar surface area (TPSA) is 55.8 Å². The number of methoxy groups -OCH3 is 1. The number of carboxylic acid groups (broad SMARTS) is 1. The first kappa shape index (κ1) is 26.6. The van der Waals surface area contributed by atoms with Crippen molar-refractivity contribution in [3.63, 3.8) is 0 Å². The monoisotopic (exact) mass is 574 g/mol. The van der Waals surface area contributed by atoms with Crippen LogP contribution in [0.3, 0.4) is 0 Å². The van der Waals surface area contributed by atoms with Gasteiger partial charge in [-0.3, -0.25) is 0 Å². The van der Waals surface area contributed by atoms with E-state index in [0.29, 0.717) is 5.75 Å². The highest BCUT2D eigenvalue weighted by atomic mass is 79.9. The zero-order chi connectivity index (χ0) is 26.2. The predicted molar refractivity (Wildman–Crippen MR) is 155 cm³/mol. The molecule has 0 aliphatic rings. The lowest BCUT2D eigenvalue weighted by Crippen LogP contribution is -2.22. The van der Waals surface area contributed by atoms with Crippen LogP contribution in [0.5, 0.6) is 11.5 Å². The maximum atomic E-state index is 11.0. The molecule has 4 aromatic rings. The first-order chi connectivity index (χ1) is 17.9. The largest absolute Gasteiger partial charge is 0.497 e. The summed E-state index contributed by atoms with van der Waals surface area (Å²) in [6.07, 6.45) is 1.36. The third-order valence-corrected chi connectivity index (χ3v) is 7.26. The Morgan fingerprint density at radius 3 is 1.89 bits per heavy atom. The molecule has 188 valence electrons. The molecular weight excluding hydrogens is 548 g/mol. The average molecular weight is 576 g/mol. The summed E-state index contributed by atoms with van der Waals surface area (Å²) >= 11 is 5.24. The van der Waals surface area contributed by atoms with Gasteiger partial charge >= 0.3 is 5.97 Å². The molecule has 0 aliphatic heterocycles. The van der Waals surface area contributed by atoms with E-state index in [4.69, 9.17) is 14.6 Å². The maximum Gasteiger partial charge on any atom is 0.344 e. The fourth-order valence-corrected chi connectivity index (χ4v) is 4.78. The number of carbonyl (C=O) groups is 1. The van der Waals surface area contributed by atoms with Crippen molar-refractivity contribution >= 4 is 39.2 Å². The van der Waals surface area contributed by atoms with Gasteiger partial charge in [-0.05, 0) is 83.3 Å². The van der Waals surface area contributed by atoms with E-state index in [2.05, 4.69) is 82.7 Å². The SMILES string of the molecule is COc1ccc(-c2ccc(C(=CCSc3ccc(OC(C)C(=O)O)cc3)c3ccc(Br)cc3)cc2)cc1. The minimum atomic E-state index is -0.985. The molecular formula is C31H27BrO4S. The van der Waals surface area contributed by atoms with E-state index in [1.807, 2.05) is 24.3 Å². The molecule has 0 aliphatic carbocycles. The number of hydrogen-bond donors (Lipinski definition) is 1. The Morgan fingerprint density at radius 2 is 1.35 bits per heavy atom. The Labute approximate surface area is 230 Å². The number of hydrogen-bond acceptors (Lipinski definition) is 4. The molecule has 0 spiro atoms. The van der Waals surface area contributed by atoms with Crippen molar-refractivity contribution in [3.05, 3.63) is 119 Å². The van der Waals surface area contributed by atoms with Crippen LogP contribution in [0.1, 0.15) is 18.1 Å². The van der Waals surface area contributed by atoms with Gasteiger partial charge in [-0.1, -0.05) is 70.5 Å². The zero-order valence-electron chi connectivity index (χ0n) is 20.6. The second-order valence-corrected chi connectivity index (χ2v) is 10.3. The van der Waals surface area contributed by atoms with Gasteiger partial charge in [0, 0.05) is 15.1 Å². The van der Waals surface area contributed by atoms with E-state index < -0.39 is 12.1 Å². The molecule has 0 bridgehead atoms. The van der Waals surface area contributed by atoms with Crippen LogP contribution in [0.15, 0.2) is 113 Å². The summed E-state index contributed by atoms with van der Waals surface area (Å²) < 4.78 is 11.7. The lowest BCUT2D eigenvalue weighted by Gasteiger charge is -2.12. The van der Waals surface area contributed by atoms with Crippen LogP contribution in [0.25, 0.3) is 16.7 Å². The van der Waals surface area contributed by atoms with Crippen molar-refractivity contribution < 1.29 is 19.4 Å². The molecule has 6 heteroatoms. The smallest absolute Gasteiger partial charge is 0.344 e. The molecule has 4 aromatic carbocycles. The minimum absolute atomic E-state index is 0.544. The average Bonchev–Trinajstić information content (AvgIpc) is 2.93. The number of carboxylic acids is 1. The second-order valence-electron chi connectivity index (χ2n) is 8.31. The summed E-state index contributed by atoms with van der Waals surface area (Å²) in [4.78, 5) is 12.1. The van der Waals surface area contributed by atoms with E-state index >= 15 is 0 Å². The molecule has 0 fully saturated rings. The van der Waals surface area contributed by atoms with Crippen LogP contribution in [-0.4, -0.2) is 30.0 Å². The van der Waals surface area contributed by atoms with E-state index in [1.165, 1.54) is 6.92 Å². The Morgan fingerprint density at radius 1 is 0.838 bits per heavy atom. The molecule has 0 aromatic heterocycles. The molecule has 1 unspecified atom stereocenters. The Hall–Kier alpha value is -3.48. The Balaban J connectivity index is 1.52. The number of rotatable bonds is 10. The fraction of sp³-hybridized carbons (Fsp3) is 0.129. The number of ether oxygens (including phenoxy) is 2. The molecule has 0 radical (unpaired) electrons. The van der Waals surface area contributed by atoms with Crippen LogP contribution >= 0.6 is 27.7 Å². The first-order valence-corrected chi connectivity index (χ1v) is 13.5. The third-order valence-electron chi connectivity index (χ3n) is 5.80. The van der Waals surface area contributed by atoms with Crippen molar-refractivity contribution in [1.29, 1.82) is 0 Å². The molecule has 0 heterocycles. The summed E-state index contributed by atoms with van der Waals surface area (Å²) in [6, 6.07) is 32.5. The normalized spacial score (nSPS) is 12.1. The molecule has 37 heavy (non-hydrogen) atoms. The third kappa shape index (κ3) is 7.28. The lowest BCUT2D eigenvalue weighted by molar-refractivity contribution is -0.144. The van der Waals surface area contributed by atoms with E-state index in [9.17, 15) is 4.79 Å². The van der Waals surface area contributed by atoms with Crippen molar-refractivity contribution in [3.8, 4) is 22.6 Å². The van der Waals surface area contributed by atoms with Crippen molar-refractivity contribution in [2.24, 2.45) is 0 Å². The van der Waals surface area contributed by atoms with Gasteiger partial charge in [-0.25, -0.2) is 4.79 Å². The molecule has 4 rings (SSSR count). The van der Waals surface area contributed by atoms with Crippen molar-refractivity contribution in [1.82, 2.24) is 0 Å².